The summed E-state index contributed by atoms with van der Waals surface area (Å²) in [6, 6.07) is -0.424. The van der Waals surface area contributed by atoms with Gasteiger partial charge in [0.15, 0.2) is 12.4 Å². The van der Waals surface area contributed by atoms with E-state index in [1.165, 1.54) is 19.2 Å². The summed E-state index contributed by atoms with van der Waals surface area (Å²) in [5.41, 5.74) is -0.771. The summed E-state index contributed by atoms with van der Waals surface area (Å²) in [6.45, 7) is 8.46. The minimum atomic E-state index is -3.54. The molecule has 0 unspecified atom stereocenters. The summed E-state index contributed by atoms with van der Waals surface area (Å²) < 4.78 is 42.9. The van der Waals surface area contributed by atoms with Gasteiger partial charge < -0.3 is 9.47 Å². The Morgan fingerprint density at radius 3 is 2.16 bits per heavy atom. The quantitative estimate of drug-likeness (QED) is 0.384. The Hall–Kier alpha value is -1.15. The third-order valence-electron chi connectivity index (χ3n) is 10.9. The van der Waals surface area contributed by atoms with Crippen molar-refractivity contribution in [2.75, 3.05) is 5.75 Å². The Morgan fingerprint density at radius 2 is 1.62 bits per heavy atom. The molecule has 4 fully saturated rings. The zero-order valence-electron chi connectivity index (χ0n) is 23.4. The molecule has 37 heavy (non-hydrogen) atoms. The van der Waals surface area contributed by atoms with Crippen LogP contribution in [-0.2, 0) is 24.3 Å². The zero-order chi connectivity index (χ0) is 26.4. The van der Waals surface area contributed by atoms with Crippen molar-refractivity contribution < 1.29 is 22.7 Å². The maximum Gasteiger partial charge on any atom is 0.335 e. The number of carbonyl (C=O) groups excluding carboxylic acids is 1. The van der Waals surface area contributed by atoms with Crippen molar-refractivity contribution in [3.05, 3.63) is 0 Å². The van der Waals surface area contributed by atoms with E-state index in [4.69, 9.17) is 9.47 Å². The standard InChI is InChI=1S/C29H48N2O5S/c1-20(2)26-25(30-19-35-26)27(32)36-24-17-21-15-16-29(24,28(21,3)4)18-37(33,34)31(22-11-7-5-8-12-22)23-13-9-6-10-14-23/h19-26H,5-18H2,1-4H3/t21-,24-,25+,26-,29-/m1/s1. The van der Waals surface area contributed by atoms with E-state index in [1.54, 1.807) is 0 Å². The number of nitrogens with zero attached hydrogens (tertiary/aromatic N) is 2. The first-order valence-corrected chi connectivity index (χ1v) is 16.6. The van der Waals surface area contributed by atoms with Crippen LogP contribution in [0.25, 0.3) is 0 Å². The summed E-state index contributed by atoms with van der Waals surface area (Å²) in [4.78, 5) is 17.6. The molecule has 210 valence electrons. The minimum Gasteiger partial charge on any atom is -0.477 e. The van der Waals surface area contributed by atoms with Crippen LogP contribution in [0.4, 0.5) is 0 Å². The third kappa shape index (κ3) is 4.87. The van der Waals surface area contributed by atoms with Crippen molar-refractivity contribution in [2.24, 2.45) is 27.7 Å². The van der Waals surface area contributed by atoms with Crippen LogP contribution in [-0.4, -0.2) is 61.2 Å². The van der Waals surface area contributed by atoms with Gasteiger partial charge in [0.05, 0.1) is 5.75 Å². The Kier molecular flexibility index (Phi) is 7.74. The van der Waals surface area contributed by atoms with E-state index in [0.29, 0.717) is 5.92 Å². The molecule has 0 aromatic carbocycles. The highest BCUT2D eigenvalue weighted by Crippen LogP contribution is 2.67. The summed E-state index contributed by atoms with van der Waals surface area (Å²) in [5.74, 6) is 0.217. The van der Waals surface area contributed by atoms with Crippen molar-refractivity contribution >= 4 is 22.4 Å². The van der Waals surface area contributed by atoms with Gasteiger partial charge in [0.1, 0.15) is 12.2 Å². The molecule has 8 heteroatoms. The molecule has 0 amide bonds. The molecule has 0 saturated heterocycles. The Balaban J connectivity index is 1.42. The predicted molar refractivity (Wildman–Crippen MR) is 145 cm³/mol. The van der Waals surface area contributed by atoms with Gasteiger partial charge in [0.2, 0.25) is 10.0 Å². The van der Waals surface area contributed by atoms with E-state index in [0.717, 1.165) is 70.6 Å². The van der Waals surface area contributed by atoms with Crippen molar-refractivity contribution in [3.63, 3.8) is 0 Å². The molecule has 0 spiro atoms. The minimum absolute atomic E-state index is 0.0898. The average Bonchev–Trinajstić information content (AvgIpc) is 3.49. The molecule has 7 nitrogen and oxygen atoms in total. The van der Waals surface area contributed by atoms with Gasteiger partial charge in [0.25, 0.3) is 0 Å². The fourth-order valence-electron chi connectivity index (χ4n) is 8.59. The number of carbonyl (C=O) groups is 1. The number of esters is 1. The molecule has 1 heterocycles. The Labute approximate surface area is 224 Å². The molecule has 0 N–H and O–H groups in total. The molecule has 5 atom stereocenters. The second kappa shape index (κ2) is 10.4. The van der Waals surface area contributed by atoms with Gasteiger partial charge >= 0.3 is 5.97 Å². The largest absolute Gasteiger partial charge is 0.477 e. The molecule has 0 radical (unpaired) electrons. The lowest BCUT2D eigenvalue weighted by molar-refractivity contribution is -0.160. The van der Waals surface area contributed by atoms with Crippen LogP contribution in [0.1, 0.15) is 111 Å². The molecule has 4 aliphatic carbocycles. The van der Waals surface area contributed by atoms with Gasteiger partial charge in [-0.05, 0) is 62.2 Å². The van der Waals surface area contributed by atoms with Gasteiger partial charge in [0, 0.05) is 17.5 Å². The molecule has 1 aliphatic heterocycles. The maximum absolute atomic E-state index is 14.5. The van der Waals surface area contributed by atoms with Crippen molar-refractivity contribution in [1.82, 2.24) is 4.31 Å². The molecule has 0 aromatic heterocycles. The lowest BCUT2D eigenvalue weighted by Gasteiger charge is -2.46. The van der Waals surface area contributed by atoms with E-state index in [9.17, 15) is 13.2 Å². The highest BCUT2D eigenvalue weighted by Gasteiger charge is 2.67. The van der Waals surface area contributed by atoms with Gasteiger partial charge in [-0.3, -0.25) is 0 Å². The van der Waals surface area contributed by atoms with Crippen LogP contribution in [0.5, 0.6) is 0 Å². The second-order valence-corrected chi connectivity index (χ2v) is 15.4. The molecule has 2 bridgehead atoms. The highest BCUT2D eigenvalue weighted by atomic mass is 32.2. The van der Waals surface area contributed by atoms with Crippen LogP contribution in [0.2, 0.25) is 0 Å². The van der Waals surface area contributed by atoms with E-state index < -0.39 is 27.6 Å². The topological polar surface area (TPSA) is 85.3 Å². The average molecular weight is 537 g/mol. The highest BCUT2D eigenvalue weighted by molar-refractivity contribution is 7.89. The number of rotatable bonds is 8. The van der Waals surface area contributed by atoms with E-state index in [2.05, 4.69) is 18.8 Å². The second-order valence-electron chi connectivity index (χ2n) is 13.5. The smallest absolute Gasteiger partial charge is 0.335 e. The van der Waals surface area contributed by atoms with Crippen LogP contribution < -0.4 is 0 Å². The molecular weight excluding hydrogens is 488 g/mol. The predicted octanol–water partition coefficient (Wildman–Crippen LogP) is 5.47. The summed E-state index contributed by atoms with van der Waals surface area (Å²) in [7, 11) is -3.54. The fourth-order valence-corrected chi connectivity index (χ4v) is 11.4. The molecule has 5 rings (SSSR count). The van der Waals surface area contributed by atoms with Crippen LogP contribution in [0.15, 0.2) is 4.99 Å². The van der Waals surface area contributed by atoms with Crippen molar-refractivity contribution in [3.8, 4) is 0 Å². The van der Waals surface area contributed by atoms with Crippen molar-refractivity contribution in [1.29, 1.82) is 0 Å². The SMILES string of the molecule is CC(C)[C@H]1OC=N[C@@H]1C(=O)O[C@@H]1C[C@H]2CC[C@]1(CS(=O)(=O)N(C1CCCCC1)C1CCCCC1)C2(C)C. The third-order valence-corrected chi connectivity index (χ3v) is 13.0. The molecule has 4 saturated carbocycles. The van der Waals surface area contributed by atoms with Crippen molar-refractivity contribution in [2.45, 2.75) is 141 Å². The normalized spacial score (nSPS) is 36.4. The van der Waals surface area contributed by atoms with Crippen LogP contribution in [0, 0.1) is 22.7 Å². The first kappa shape index (κ1) is 27.4. The lowest BCUT2D eigenvalue weighted by Crippen LogP contribution is -2.55. The molecule has 5 aliphatic rings. The Morgan fingerprint density at radius 1 is 1.03 bits per heavy atom. The van der Waals surface area contributed by atoms with Gasteiger partial charge in [-0.2, -0.15) is 4.31 Å². The summed E-state index contributed by atoms with van der Waals surface area (Å²) in [5, 5.41) is 0. The first-order valence-electron chi connectivity index (χ1n) is 15.0. The Bertz CT molecular complexity index is 949. The molecular formula is C29H48N2O5S. The maximum atomic E-state index is 14.5. The molecule has 0 aromatic rings. The summed E-state index contributed by atoms with van der Waals surface area (Å²) in [6.07, 6.45) is 14.0. The number of aliphatic imine (C=N–C) groups is 1. The fraction of sp³-hybridized carbons (Fsp3) is 0.931. The van der Waals surface area contributed by atoms with Crippen LogP contribution >= 0.6 is 0 Å². The van der Waals surface area contributed by atoms with E-state index in [1.807, 2.05) is 18.2 Å². The monoisotopic (exact) mass is 536 g/mol. The van der Waals surface area contributed by atoms with Gasteiger partial charge in [-0.1, -0.05) is 66.2 Å². The van der Waals surface area contributed by atoms with Gasteiger partial charge in [-0.15, -0.1) is 0 Å². The number of hydrogen-bond acceptors (Lipinski definition) is 6. The number of hydrogen-bond donors (Lipinski definition) is 0. The first-order chi connectivity index (χ1) is 17.6. The van der Waals surface area contributed by atoms with E-state index >= 15 is 0 Å². The number of sulfonamides is 1. The van der Waals surface area contributed by atoms with Crippen LogP contribution in [0.3, 0.4) is 0 Å². The summed E-state index contributed by atoms with van der Waals surface area (Å²) >= 11 is 0. The van der Waals surface area contributed by atoms with E-state index in [-0.39, 0.29) is 41.2 Å². The number of ether oxygens (including phenoxy) is 2. The zero-order valence-corrected chi connectivity index (χ0v) is 24.2. The number of fused-ring (bicyclic) bond motifs is 2. The van der Waals surface area contributed by atoms with Gasteiger partial charge in [-0.25, -0.2) is 18.2 Å². The lowest BCUT2D eigenvalue weighted by atomic mass is 9.69.